The quantitative estimate of drug-likeness (QED) is 0.328. The molecule has 0 fully saturated rings. The van der Waals surface area contributed by atoms with Crippen molar-refractivity contribution < 1.29 is 9.18 Å². The van der Waals surface area contributed by atoms with E-state index in [0.717, 1.165) is 5.39 Å². The van der Waals surface area contributed by atoms with E-state index >= 15 is 0 Å². The van der Waals surface area contributed by atoms with Gasteiger partial charge in [-0.25, -0.2) is 24.5 Å². The summed E-state index contributed by atoms with van der Waals surface area (Å²) in [6, 6.07) is 9.94. The molecule has 5 aromatic rings. The van der Waals surface area contributed by atoms with Gasteiger partial charge in [0.2, 0.25) is 5.65 Å². The molecule has 0 aliphatic carbocycles. The first-order valence-corrected chi connectivity index (χ1v) is 9.93. The molecular formula is C22H16FN9O. The topological polar surface area (TPSA) is 124 Å². The summed E-state index contributed by atoms with van der Waals surface area (Å²) in [4.78, 5) is 29.0. The molecule has 0 saturated carbocycles. The van der Waals surface area contributed by atoms with Gasteiger partial charge in [0, 0.05) is 41.2 Å². The van der Waals surface area contributed by atoms with Crippen molar-refractivity contribution in [1.29, 1.82) is 0 Å². The average Bonchev–Trinajstić information content (AvgIpc) is 3.25. The van der Waals surface area contributed by atoms with Crippen molar-refractivity contribution >= 4 is 33.8 Å². The molecule has 0 unspecified atom stereocenters. The van der Waals surface area contributed by atoms with Crippen LogP contribution in [0.2, 0.25) is 0 Å². The molecule has 0 radical (unpaired) electrons. The van der Waals surface area contributed by atoms with Gasteiger partial charge in [-0.15, -0.1) is 5.10 Å². The van der Waals surface area contributed by atoms with E-state index in [4.69, 9.17) is 0 Å². The highest BCUT2D eigenvalue weighted by atomic mass is 19.1. The minimum atomic E-state index is -0.398. The molecule has 11 heteroatoms. The lowest BCUT2D eigenvalue weighted by Gasteiger charge is -2.06. The van der Waals surface area contributed by atoms with Gasteiger partial charge < -0.3 is 0 Å². The SMILES string of the molecule is C/C(=N/NC(=O)c1ccncc1)c1cnc2nnn(Cc3cc4cccnc4cc3F)c2n1. The molecule has 5 rings (SSSR count). The lowest BCUT2D eigenvalue weighted by Crippen LogP contribution is -2.19. The number of benzene rings is 1. The summed E-state index contributed by atoms with van der Waals surface area (Å²) >= 11 is 0. The van der Waals surface area contributed by atoms with E-state index in [1.165, 1.54) is 29.3 Å². The van der Waals surface area contributed by atoms with E-state index in [1.807, 2.05) is 6.07 Å². The number of carbonyl (C=O) groups is 1. The highest BCUT2D eigenvalue weighted by Crippen LogP contribution is 2.19. The normalized spacial score (nSPS) is 11.8. The maximum Gasteiger partial charge on any atom is 0.271 e. The van der Waals surface area contributed by atoms with E-state index in [2.05, 4.69) is 40.8 Å². The standard InChI is InChI=1S/C22H16FN9O/c1-13(28-30-22(33)14-4-7-24-8-5-14)19-11-26-20-21(27-19)32(31-29-20)12-16-9-15-3-2-6-25-18(15)10-17(16)23/h2-11H,12H2,1H3,(H,30,33)/b28-13-. The molecule has 0 saturated heterocycles. The van der Waals surface area contributed by atoms with E-state index in [0.29, 0.717) is 39.3 Å². The zero-order valence-corrected chi connectivity index (χ0v) is 17.3. The van der Waals surface area contributed by atoms with Crippen molar-refractivity contribution in [2.24, 2.45) is 5.10 Å². The van der Waals surface area contributed by atoms with E-state index in [1.54, 1.807) is 37.4 Å². The number of hydrazone groups is 1. The molecule has 33 heavy (non-hydrogen) atoms. The number of aromatic nitrogens is 7. The molecule has 1 aromatic carbocycles. The third-order valence-electron chi connectivity index (χ3n) is 4.96. The van der Waals surface area contributed by atoms with Crippen LogP contribution in [0.5, 0.6) is 0 Å². The number of carbonyl (C=O) groups excluding carboxylic acids is 1. The molecule has 0 aliphatic rings. The number of halogens is 1. The Morgan fingerprint density at radius 3 is 2.85 bits per heavy atom. The number of pyridine rings is 2. The van der Waals surface area contributed by atoms with E-state index in [9.17, 15) is 9.18 Å². The Morgan fingerprint density at radius 2 is 2.00 bits per heavy atom. The summed E-state index contributed by atoms with van der Waals surface area (Å²) < 4.78 is 16.1. The Labute approximate surface area is 186 Å². The van der Waals surface area contributed by atoms with Gasteiger partial charge in [0.1, 0.15) is 11.5 Å². The summed E-state index contributed by atoms with van der Waals surface area (Å²) in [6.07, 6.45) is 6.15. The monoisotopic (exact) mass is 441 g/mol. The summed E-state index contributed by atoms with van der Waals surface area (Å²) in [5.74, 6) is -0.774. The Bertz CT molecular complexity index is 1510. The Hall–Kier alpha value is -4.67. The van der Waals surface area contributed by atoms with Gasteiger partial charge in [-0.2, -0.15) is 5.10 Å². The van der Waals surface area contributed by atoms with Crippen LogP contribution in [-0.4, -0.2) is 46.5 Å². The van der Waals surface area contributed by atoms with Crippen LogP contribution in [0.25, 0.3) is 22.2 Å². The Balaban J connectivity index is 1.42. The van der Waals surface area contributed by atoms with Crippen molar-refractivity contribution in [2.75, 3.05) is 0 Å². The molecule has 0 bridgehead atoms. The van der Waals surface area contributed by atoms with Crippen LogP contribution in [0.15, 0.2) is 66.3 Å². The molecule has 4 aromatic heterocycles. The van der Waals surface area contributed by atoms with Crippen LogP contribution < -0.4 is 5.43 Å². The molecule has 1 amide bonds. The molecule has 162 valence electrons. The van der Waals surface area contributed by atoms with Crippen molar-refractivity contribution in [3.05, 3.63) is 83.8 Å². The third-order valence-corrected chi connectivity index (χ3v) is 4.96. The molecule has 1 N–H and O–H groups in total. The van der Waals surface area contributed by atoms with Gasteiger partial charge in [0.15, 0.2) is 5.65 Å². The minimum Gasteiger partial charge on any atom is -0.267 e. The van der Waals surface area contributed by atoms with Crippen LogP contribution in [-0.2, 0) is 6.54 Å². The lowest BCUT2D eigenvalue weighted by atomic mass is 10.1. The number of rotatable bonds is 5. The zero-order chi connectivity index (χ0) is 22.8. The minimum absolute atomic E-state index is 0.111. The maximum atomic E-state index is 14.6. The summed E-state index contributed by atoms with van der Waals surface area (Å²) in [5.41, 5.74) is 5.44. The van der Waals surface area contributed by atoms with Gasteiger partial charge >= 0.3 is 0 Å². The fourth-order valence-corrected chi connectivity index (χ4v) is 3.22. The van der Waals surface area contributed by atoms with Crippen LogP contribution in [0.4, 0.5) is 4.39 Å². The van der Waals surface area contributed by atoms with E-state index < -0.39 is 5.82 Å². The summed E-state index contributed by atoms with van der Waals surface area (Å²) in [6.45, 7) is 1.80. The second-order valence-electron chi connectivity index (χ2n) is 7.16. The fraction of sp³-hybridized carbons (Fsp3) is 0.0909. The summed E-state index contributed by atoms with van der Waals surface area (Å²) in [5, 5.41) is 13.0. The smallest absolute Gasteiger partial charge is 0.267 e. The number of nitrogens with one attached hydrogen (secondary N) is 1. The number of hydrogen-bond donors (Lipinski definition) is 1. The molecular weight excluding hydrogens is 425 g/mol. The third kappa shape index (κ3) is 4.11. The van der Waals surface area contributed by atoms with E-state index in [-0.39, 0.29) is 12.5 Å². The Morgan fingerprint density at radius 1 is 1.15 bits per heavy atom. The molecule has 0 spiro atoms. The first-order valence-electron chi connectivity index (χ1n) is 9.93. The van der Waals surface area contributed by atoms with Crippen LogP contribution in [0.1, 0.15) is 28.5 Å². The predicted octanol–water partition coefficient (Wildman–Crippen LogP) is 2.51. The molecule has 4 heterocycles. The number of amides is 1. The van der Waals surface area contributed by atoms with Crippen molar-refractivity contribution in [3.63, 3.8) is 0 Å². The number of nitrogens with zero attached hydrogens (tertiary/aromatic N) is 8. The van der Waals surface area contributed by atoms with Crippen molar-refractivity contribution in [1.82, 2.24) is 40.4 Å². The summed E-state index contributed by atoms with van der Waals surface area (Å²) in [7, 11) is 0. The predicted molar refractivity (Wildman–Crippen MR) is 118 cm³/mol. The van der Waals surface area contributed by atoms with Crippen LogP contribution >= 0.6 is 0 Å². The van der Waals surface area contributed by atoms with Gasteiger partial charge in [-0.1, -0.05) is 11.3 Å². The van der Waals surface area contributed by atoms with Crippen molar-refractivity contribution in [3.8, 4) is 0 Å². The highest BCUT2D eigenvalue weighted by Gasteiger charge is 2.14. The maximum absolute atomic E-state index is 14.6. The molecule has 0 aliphatic heterocycles. The fourth-order valence-electron chi connectivity index (χ4n) is 3.22. The number of fused-ring (bicyclic) bond motifs is 2. The second kappa shape index (κ2) is 8.46. The first-order chi connectivity index (χ1) is 16.1. The molecule has 10 nitrogen and oxygen atoms in total. The van der Waals surface area contributed by atoms with Gasteiger partial charge in [0.25, 0.3) is 5.91 Å². The average molecular weight is 441 g/mol. The largest absolute Gasteiger partial charge is 0.271 e. The van der Waals surface area contributed by atoms with Gasteiger partial charge in [0.05, 0.1) is 24.0 Å². The zero-order valence-electron chi connectivity index (χ0n) is 17.3. The van der Waals surface area contributed by atoms with Crippen LogP contribution in [0.3, 0.4) is 0 Å². The first kappa shape index (κ1) is 20.2. The number of hydrogen-bond acceptors (Lipinski definition) is 8. The highest BCUT2D eigenvalue weighted by molar-refractivity contribution is 6.00. The Kier molecular flexibility index (Phi) is 5.19. The lowest BCUT2D eigenvalue weighted by molar-refractivity contribution is 0.0954. The van der Waals surface area contributed by atoms with Crippen LogP contribution in [0, 0.1) is 5.82 Å². The van der Waals surface area contributed by atoms with Gasteiger partial charge in [-0.05, 0) is 31.2 Å². The van der Waals surface area contributed by atoms with Gasteiger partial charge in [-0.3, -0.25) is 14.8 Å². The van der Waals surface area contributed by atoms with Crippen molar-refractivity contribution in [2.45, 2.75) is 13.5 Å². The molecule has 0 atom stereocenters. The second-order valence-corrected chi connectivity index (χ2v) is 7.16.